The molecule has 154 valence electrons. The van der Waals surface area contributed by atoms with Gasteiger partial charge < -0.3 is 5.32 Å². The number of thiophene rings is 1. The monoisotopic (exact) mass is 458 g/mol. The maximum atomic E-state index is 12.8. The van der Waals surface area contributed by atoms with Crippen molar-refractivity contribution in [1.29, 1.82) is 5.26 Å². The highest BCUT2D eigenvalue weighted by Gasteiger charge is 2.32. The van der Waals surface area contributed by atoms with Gasteiger partial charge >= 0.3 is 0 Å². The molecule has 1 aromatic carbocycles. The Morgan fingerprint density at radius 1 is 1.17 bits per heavy atom. The van der Waals surface area contributed by atoms with E-state index in [1.807, 2.05) is 29.0 Å². The number of hydrogen-bond acceptors (Lipinski definition) is 7. The number of rotatable bonds is 5. The summed E-state index contributed by atoms with van der Waals surface area (Å²) < 4.78 is 27.0. The van der Waals surface area contributed by atoms with Crippen molar-refractivity contribution in [2.45, 2.75) is 17.7 Å². The minimum atomic E-state index is -3.63. The van der Waals surface area contributed by atoms with Crippen LogP contribution in [-0.4, -0.2) is 36.7 Å². The van der Waals surface area contributed by atoms with E-state index in [2.05, 4.69) is 10.3 Å². The molecule has 0 bridgehead atoms. The predicted molar refractivity (Wildman–Crippen MR) is 117 cm³/mol. The van der Waals surface area contributed by atoms with Gasteiger partial charge in [-0.05, 0) is 48.6 Å². The number of carbonyl (C=O) groups is 1. The molecule has 0 saturated carbocycles. The summed E-state index contributed by atoms with van der Waals surface area (Å²) in [6.07, 6.45) is 0.898. The molecule has 0 unspecified atom stereocenters. The number of hydrogen-bond donors (Lipinski definition) is 1. The van der Waals surface area contributed by atoms with Gasteiger partial charge in [-0.3, -0.25) is 4.79 Å². The topological polar surface area (TPSA) is 103 Å². The highest BCUT2D eigenvalue weighted by Crippen LogP contribution is 2.29. The Bertz CT molecular complexity index is 1170. The van der Waals surface area contributed by atoms with Gasteiger partial charge in [0.2, 0.25) is 15.9 Å². The summed E-state index contributed by atoms with van der Waals surface area (Å²) in [6, 6.07) is 11.8. The highest BCUT2D eigenvalue weighted by atomic mass is 32.2. The van der Waals surface area contributed by atoms with E-state index < -0.39 is 10.0 Å². The lowest BCUT2D eigenvalue weighted by molar-refractivity contribution is -0.120. The molecule has 4 rings (SSSR count). The Kier molecular flexibility index (Phi) is 5.97. The van der Waals surface area contributed by atoms with E-state index in [0.29, 0.717) is 23.5 Å². The first-order valence-corrected chi connectivity index (χ1v) is 12.5. The van der Waals surface area contributed by atoms with Gasteiger partial charge in [0.25, 0.3) is 0 Å². The van der Waals surface area contributed by atoms with E-state index >= 15 is 0 Å². The molecule has 7 nitrogen and oxygen atoms in total. The summed E-state index contributed by atoms with van der Waals surface area (Å²) in [6.45, 7) is 0.553. The van der Waals surface area contributed by atoms with E-state index in [0.717, 1.165) is 10.6 Å². The van der Waals surface area contributed by atoms with Crippen LogP contribution in [0.2, 0.25) is 0 Å². The quantitative estimate of drug-likeness (QED) is 0.627. The van der Waals surface area contributed by atoms with Crippen LogP contribution in [0.15, 0.2) is 52.1 Å². The third-order valence-electron chi connectivity index (χ3n) is 4.95. The van der Waals surface area contributed by atoms with Gasteiger partial charge in [-0.1, -0.05) is 6.07 Å². The largest absolute Gasteiger partial charge is 0.302 e. The molecule has 0 atom stereocenters. The van der Waals surface area contributed by atoms with Crippen LogP contribution in [0.3, 0.4) is 0 Å². The Labute approximate surface area is 182 Å². The molecule has 0 radical (unpaired) electrons. The fraction of sp³-hybridized carbons (Fsp3) is 0.250. The van der Waals surface area contributed by atoms with E-state index in [1.54, 1.807) is 11.3 Å². The first-order chi connectivity index (χ1) is 14.5. The average molecular weight is 459 g/mol. The number of piperidine rings is 1. The summed E-state index contributed by atoms with van der Waals surface area (Å²) >= 11 is 2.97. The van der Waals surface area contributed by atoms with Crippen LogP contribution in [0.1, 0.15) is 18.4 Å². The van der Waals surface area contributed by atoms with Crippen molar-refractivity contribution in [2.75, 3.05) is 18.4 Å². The van der Waals surface area contributed by atoms with Gasteiger partial charge in [0.1, 0.15) is 0 Å². The first-order valence-electron chi connectivity index (χ1n) is 9.28. The van der Waals surface area contributed by atoms with Crippen LogP contribution in [0, 0.1) is 17.2 Å². The fourth-order valence-corrected chi connectivity index (χ4v) is 6.23. The normalized spacial score (nSPS) is 15.6. The number of aromatic nitrogens is 1. The minimum absolute atomic E-state index is 0.127. The number of benzene rings is 1. The van der Waals surface area contributed by atoms with E-state index in [-0.39, 0.29) is 29.8 Å². The Hall–Kier alpha value is -2.58. The van der Waals surface area contributed by atoms with Gasteiger partial charge in [0.15, 0.2) is 5.13 Å². The molecule has 0 aliphatic carbocycles. The first kappa shape index (κ1) is 20.7. The van der Waals surface area contributed by atoms with E-state index in [4.69, 9.17) is 5.26 Å². The fourth-order valence-electron chi connectivity index (χ4n) is 3.28. The molecule has 1 aliphatic heterocycles. The van der Waals surface area contributed by atoms with E-state index in [1.165, 1.54) is 39.9 Å². The predicted octanol–water partition coefficient (Wildman–Crippen LogP) is 3.78. The van der Waals surface area contributed by atoms with Gasteiger partial charge in [-0.15, -0.1) is 22.7 Å². The zero-order valence-corrected chi connectivity index (χ0v) is 18.3. The molecule has 1 aliphatic rings. The van der Waals surface area contributed by atoms with Gasteiger partial charge in [0, 0.05) is 24.4 Å². The maximum Gasteiger partial charge on any atom is 0.243 e. The van der Waals surface area contributed by atoms with Crippen molar-refractivity contribution in [3.05, 3.63) is 52.7 Å². The number of thiazole rings is 1. The second-order valence-electron chi connectivity index (χ2n) is 6.82. The number of sulfonamides is 1. The SMILES string of the molecule is N#Cc1ccc(S(=O)(=O)N2CCC(C(=O)Nc3nc(-c4cccs4)cs3)CC2)cc1. The van der Waals surface area contributed by atoms with Crippen LogP contribution < -0.4 is 5.32 Å². The summed E-state index contributed by atoms with van der Waals surface area (Å²) in [5, 5.41) is 16.2. The average Bonchev–Trinajstić information content (AvgIpc) is 3.46. The van der Waals surface area contributed by atoms with Crippen molar-refractivity contribution < 1.29 is 13.2 Å². The molecule has 1 amide bonds. The zero-order chi connectivity index (χ0) is 21.1. The van der Waals surface area contributed by atoms with Crippen molar-refractivity contribution >= 4 is 43.7 Å². The van der Waals surface area contributed by atoms with Gasteiger partial charge in [0.05, 0.1) is 27.1 Å². The maximum absolute atomic E-state index is 12.8. The van der Waals surface area contributed by atoms with Crippen LogP contribution in [0.4, 0.5) is 5.13 Å². The molecule has 30 heavy (non-hydrogen) atoms. The van der Waals surface area contributed by atoms with Crippen LogP contribution in [0.5, 0.6) is 0 Å². The number of nitriles is 1. The number of nitrogens with one attached hydrogen (secondary N) is 1. The van der Waals surface area contributed by atoms with Gasteiger partial charge in [-0.25, -0.2) is 13.4 Å². The molecule has 10 heteroatoms. The summed E-state index contributed by atoms with van der Waals surface area (Å²) in [4.78, 5) is 18.3. The third kappa shape index (κ3) is 4.29. The van der Waals surface area contributed by atoms with Crippen molar-refractivity contribution in [3.8, 4) is 16.6 Å². The lowest BCUT2D eigenvalue weighted by Crippen LogP contribution is -2.41. The molecule has 1 fully saturated rings. The highest BCUT2D eigenvalue weighted by molar-refractivity contribution is 7.89. The Morgan fingerprint density at radius 3 is 2.53 bits per heavy atom. The van der Waals surface area contributed by atoms with Crippen LogP contribution in [-0.2, 0) is 14.8 Å². The lowest BCUT2D eigenvalue weighted by Gasteiger charge is -2.30. The van der Waals surface area contributed by atoms with Crippen molar-refractivity contribution in [3.63, 3.8) is 0 Å². The molecule has 3 heterocycles. The zero-order valence-electron chi connectivity index (χ0n) is 15.8. The van der Waals surface area contributed by atoms with Crippen molar-refractivity contribution in [2.24, 2.45) is 5.92 Å². The summed E-state index contributed by atoms with van der Waals surface area (Å²) in [5.74, 6) is -0.385. The summed E-state index contributed by atoms with van der Waals surface area (Å²) in [5.41, 5.74) is 1.25. The van der Waals surface area contributed by atoms with Gasteiger partial charge in [-0.2, -0.15) is 9.57 Å². The number of carbonyl (C=O) groups excluding carboxylic acids is 1. The molecule has 3 aromatic rings. The summed E-state index contributed by atoms with van der Waals surface area (Å²) in [7, 11) is -3.63. The second kappa shape index (κ2) is 8.65. The number of anilines is 1. The van der Waals surface area contributed by atoms with Crippen LogP contribution in [0.25, 0.3) is 10.6 Å². The molecule has 1 saturated heterocycles. The Morgan fingerprint density at radius 2 is 1.90 bits per heavy atom. The lowest BCUT2D eigenvalue weighted by atomic mass is 9.97. The van der Waals surface area contributed by atoms with E-state index in [9.17, 15) is 13.2 Å². The molecular formula is C20H18N4O3S3. The second-order valence-corrected chi connectivity index (χ2v) is 10.6. The smallest absolute Gasteiger partial charge is 0.243 e. The molecule has 2 aromatic heterocycles. The standard InChI is InChI=1S/C20H18N4O3S3/c21-12-14-3-5-16(6-4-14)30(26,27)24-9-7-15(8-10-24)19(25)23-20-22-17(13-29-20)18-2-1-11-28-18/h1-6,11,13,15H,7-10H2,(H,22,23,25). The van der Waals surface area contributed by atoms with Crippen LogP contribution >= 0.6 is 22.7 Å². The minimum Gasteiger partial charge on any atom is -0.302 e. The number of nitrogens with zero attached hydrogens (tertiary/aromatic N) is 3. The molecular weight excluding hydrogens is 440 g/mol. The molecule has 0 spiro atoms. The van der Waals surface area contributed by atoms with Crippen molar-refractivity contribution in [1.82, 2.24) is 9.29 Å². The number of amides is 1. The Balaban J connectivity index is 1.35. The third-order valence-corrected chi connectivity index (χ3v) is 8.52. The molecule has 1 N–H and O–H groups in total.